The third kappa shape index (κ3) is 2.24. The number of halogens is 2. The van der Waals surface area contributed by atoms with Gasteiger partial charge >= 0.3 is 5.97 Å². The highest BCUT2D eigenvalue weighted by molar-refractivity contribution is 5.70. The standard InChI is InChI=1S/C9H8F2O2/c1-5-2-6(4-8(12)13)3-7(10)9(5)11/h2-3H,4H2,1H3,(H,12,13). The second-order valence-electron chi connectivity index (χ2n) is 2.78. The first-order valence-corrected chi connectivity index (χ1v) is 3.67. The van der Waals surface area contributed by atoms with Gasteiger partial charge in [-0.1, -0.05) is 6.07 Å². The Labute approximate surface area is 73.8 Å². The van der Waals surface area contributed by atoms with Gasteiger partial charge < -0.3 is 5.11 Å². The Balaban J connectivity index is 3.06. The number of hydrogen-bond acceptors (Lipinski definition) is 1. The summed E-state index contributed by atoms with van der Waals surface area (Å²) < 4.78 is 25.4. The van der Waals surface area contributed by atoms with Gasteiger partial charge in [0.2, 0.25) is 0 Å². The number of aliphatic carboxylic acids is 1. The molecule has 0 saturated heterocycles. The van der Waals surface area contributed by atoms with Crippen molar-refractivity contribution in [2.24, 2.45) is 0 Å². The van der Waals surface area contributed by atoms with Crippen molar-refractivity contribution in [3.63, 3.8) is 0 Å². The van der Waals surface area contributed by atoms with Gasteiger partial charge in [-0.3, -0.25) is 4.79 Å². The van der Waals surface area contributed by atoms with Crippen LogP contribution in [-0.2, 0) is 11.2 Å². The van der Waals surface area contributed by atoms with E-state index in [1.807, 2.05) is 0 Å². The Bertz CT molecular complexity index is 324. The van der Waals surface area contributed by atoms with Crippen LogP contribution in [0.5, 0.6) is 0 Å². The third-order valence-electron chi connectivity index (χ3n) is 1.63. The number of carboxylic acids is 1. The summed E-state index contributed by atoms with van der Waals surface area (Å²) in [6, 6.07) is 2.23. The zero-order valence-electron chi connectivity index (χ0n) is 6.97. The summed E-state index contributed by atoms with van der Waals surface area (Å²) in [6.07, 6.45) is -0.294. The van der Waals surface area contributed by atoms with Crippen molar-refractivity contribution in [1.29, 1.82) is 0 Å². The number of benzene rings is 1. The van der Waals surface area contributed by atoms with Crippen molar-refractivity contribution in [3.05, 3.63) is 34.9 Å². The molecule has 1 rings (SSSR count). The minimum Gasteiger partial charge on any atom is -0.481 e. The zero-order valence-corrected chi connectivity index (χ0v) is 6.97. The molecule has 0 aliphatic carbocycles. The highest BCUT2D eigenvalue weighted by atomic mass is 19.2. The van der Waals surface area contributed by atoms with Crippen LogP contribution in [0.25, 0.3) is 0 Å². The lowest BCUT2D eigenvalue weighted by Crippen LogP contribution is -2.02. The molecule has 1 aromatic rings. The Morgan fingerprint density at radius 3 is 2.54 bits per heavy atom. The fraction of sp³-hybridized carbons (Fsp3) is 0.222. The molecule has 0 spiro atoms. The van der Waals surface area contributed by atoms with Crippen LogP contribution in [0, 0.1) is 18.6 Å². The number of hydrogen-bond donors (Lipinski definition) is 1. The van der Waals surface area contributed by atoms with Gasteiger partial charge in [0.05, 0.1) is 6.42 Å². The lowest BCUT2D eigenvalue weighted by Gasteiger charge is -2.01. The van der Waals surface area contributed by atoms with E-state index < -0.39 is 17.6 Å². The van der Waals surface area contributed by atoms with Crippen molar-refractivity contribution in [1.82, 2.24) is 0 Å². The highest BCUT2D eigenvalue weighted by Crippen LogP contribution is 2.14. The van der Waals surface area contributed by atoms with Crippen molar-refractivity contribution in [2.75, 3.05) is 0 Å². The van der Waals surface area contributed by atoms with E-state index in [1.165, 1.54) is 13.0 Å². The van der Waals surface area contributed by atoms with Crippen molar-refractivity contribution in [2.45, 2.75) is 13.3 Å². The van der Waals surface area contributed by atoms with Crippen LogP contribution in [0.1, 0.15) is 11.1 Å². The average molecular weight is 186 g/mol. The minimum atomic E-state index is -1.06. The zero-order chi connectivity index (χ0) is 10.0. The van der Waals surface area contributed by atoms with E-state index in [4.69, 9.17) is 5.11 Å². The quantitative estimate of drug-likeness (QED) is 0.765. The molecule has 13 heavy (non-hydrogen) atoms. The summed E-state index contributed by atoms with van der Waals surface area (Å²) in [6.45, 7) is 1.39. The third-order valence-corrected chi connectivity index (χ3v) is 1.63. The topological polar surface area (TPSA) is 37.3 Å². The molecule has 0 aliphatic heterocycles. The Morgan fingerprint density at radius 1 is 1.46 bits per heavy atom. The van der Waals surface area contributed by atoms with Gasteiger partial charge in [-0.25, -0.2) is 8.78 Å². The molecule has 0 aliphatic rings. The first kappa shape index (κ1) is 9.64. The maximum atomic E-state index is 12.7. The maximum absolute atomic E-state index is 12.7. The SMILES string of the molecule is Cc1cc(CC(=O)O)cc(F)c1F. The van der Waals surface area contributed by atoms with Crippen LogP contribution >= 0.6 is 0 Å². The fourth-order valence-corrected chi connectivity index (χ4v) is 1.07. The van der Waals surface area contributed by atoms with Gasteiger partial charge in [0.25, 0.3) is 0 Å². The van der Waals surface area contributed by atoms with Gasteiger partial charge in [-0.05, 0) is 24.1 Å². The summed E-state index contributed by atoms with van der Waals surface area (Å²) in [5, 5.41) is 8.40. The molecule has 0 aromatic heterocycles. The molecule has 1 N–H and O–H groups in total. The second-order valence-corrected chi connectivity index (χ2v) is 2.78. The molecule has 0 unspecified atom stereocenters. The van der Waals surface area contributed by atoms with Crippen LogP contribution in [0.2, 0.25) is 0 Å². The Kier molecular flexibility index (Phi) is 2.60. The summed E-state index contributed by atoms with van der Waals surface area (Å²) in [5.74, 6) is -2.99. The van der Waals surface area contributed by atoms with E-state index in [0.717, 1.165) is 6.07 Å². The maximum Gasteiger partial charge on any atom is 0.307 e. The molecule has 0 fully saturated rings. The number of carbonyl (C=O) groups is 1. The Hall–Kier alpha value is -1.45. The monoisotopic (exact) mass is 186 g/mol. The molecule has 0 radical (unpaired) electrons. The molecule has 0 atom stereocenters. The normalized spacial score (nSPS) is 10.1. The predicted octanol–water partition coefficient (Wildman–Crippen LogP) is 1.90. The molecule has 0 bridgehead atoms. The second kappa shape index (κ2) is 3.51. The van der Waals surface area contributed by atoms with E-state index in [1.54, 1.807) is 0 Å². The van der Waals surface area contributed by atoms with Crippen LogP contribution in [0.3, 0.4) is 0 Å². The van der Waals surface area contributed by atoms with Crippen LogP contribution in [-0.4, -0.2) is 11.1 Å². The van der Waals surface area contributed by atoms with Crippen molar-refractivity contribution in [3.8, 4) is 0 Å². The summed E-state index contributed by atoms with van der Waals surface area (Å²) in [5.41, 5.74) is 0.389. The van der Waals surface area contributed by atoms with Crippen LogP contribution < -0.4 is 0 Å². The van der Waals surface area contributed by atoms with Gasteiger partial charge in [-0.2, -0.15) is 0 Å². The molecule has 70 valence electrons. The van der Waals surface area contributed by atoms with Crippen molar-refractivity contribution >= 4 is 5.97 Å². The molecule has 0 saturated carbocycles. The largest absolute Gasteiger partial charge is 0.481 e. The molecule has 2 nitrogen and oxygen atoms in total. The average Bonchev–Trinajstić information content (AvgIpc) is 1.98. The van der Waals surface area contributed by atoms with Gasteiger partial charge in [0, 0.05) is 0 Å². The number of carboxylic acid groups (broad SMARTS) is 1. The fourth-order valence-electron chi connectivity index (χ4n) is 1.07. The summed E-state index contributed by atoms with van der Waals surface area (Å²) in [4.78, 5) is 10.3. The first-order chi connectivity index (χ1) is 6.00. The molecule has 1 aromatic carbocycles. The van der Waals surface area contributed by atoms with Gasteiger partial charge in [0.1, 0.15) is 0 Å². The van der Waals surface area contributed by atoms with E-state index >= 15 is 0 Å². The first-order valence-electron chi connectivity index (χ1n) is 3.67. The van der Waals surface area contributed by atoms with Crippen LogP contribution in [0.4, 0.5) is 8.78 Å². The van der Waals surface area contributed by atoms with E-state index in [-0.39, 0.29) is 17.5 Å². The number of aryl methyl sites for hydroxylation is 1. The lowest BCUT2D eigenvalue weighted by atomic mass is 10.1. The molecular formula is C9H8F2O2. The van der Waals surface area contributed by atoms with Crippen LogP contribution in [0.15, 0.2) is 12.1 Å². The number of rotatable bonds is 2. The van der Waals surface area contributed by atoms with Gasteiger partial charge in [0.15, 0.2) is 11.6 Å². The molecule has 0 amide bonds. The Morgan fingerprint density at radius 2 is 2.08 bits per heavy atom. The minimum absolute atomic E-state index is 0.122. The molecule has 4 heteroatoms. The molecular weight excluding hydrogens is 178 g/mol. The highest BCUT2D eigenvalue weighted by Gasteiger charge is 2.09. The van der Waals surface area contributed by atoms with Crippen molar-refractivity contribution < 1.29 is 18.7 Å². The molecule has 0 heterocycles. The van der Waals surface area contributed by atoms with E-state index in [2.05, 4.69) is 0 Å². The lowest BCUT2D eigenvalue weighted by molar-refractivity contribution is -0.136. The smallest absolute Gasteiger partial charge is 0.307 e. The van der Waals surface area contributed by atoms with E-state index in [0.29, 0.717) is 0 Å². The predicted molar refractivity (Wildman–Crippen MR) is 42.4 cm³/mol. The summed E-state index contributed by atoms with van der Waals surface area (Å²) >= 11 is 0. The van der Waals surface area contributed by atoms with Gasteiger partial charge in [-0.15, -0.1) is 0 Å². The summed E-state index contributed by atoms with van der Waals surface area (Å²) in [7, 11) is 0. The van der Waals surface area contributed by atoms with E-state index in [9.17, 15) is 13.6 Å².